The first kappa shape index (κ1) is 14.8. The highest BCUT2D eigenvalue weighted by Crippen LogP contribution is 2.41. The molecular formula is C20H20N4O. The van der Waals surface area contributed by atoms with E-state index in [4.69, 9.17) is 0 Å². The normalized spacial score (nSPS) is 19.5. The van der Waals surface area contributed by atoms with Gasteiger partial charge in [-0.3, -0.25) is 9.69 Å². The Hall–Kier alpha value is -2.53. The predicted molar refractivity (Wildman–Crippen MR) is 96.2 cm³/mol. The number of aromatic nitrogens is 3. The number of hydrogen-bond acceptors (Lipinski definition) is 4. The molecule has 0 saturated heterocycles. The van der Waals surface area contributed by atoms with Gasteiger partial charge in [0.15, 0.2) is 0 Å². The van der Waals surface area contributed by atoms with Crippen LogP contribution in [0.2, 0.25) is 0 Å². The second-order valence-electron chi connectivity index (χ2n) is 7.05. The SMILES string of the molecule is O=c1c2ccccc2nnn1CN(C1CC1)[C@H]1CCc2ccccc21. The fourth-order valence-corrected chi connectivity index (χ4v) is 4.02. The molecule has 3 aromatic rings. The minimum Gasteiger partial charge on any atom is -0.274 e. The maximum atomic E-state index is 12.8. The molecule has 0 bridgehead atoms. The summed E-state index contributed by atoms with van der Waals surface area (Å²) < 4.78 is 1.53. The highest BCUT2D eigenvalue weighted by atomic mass is 16.1. The third-order valence-electron chi connectivity index (χ3n) is 5.44. The average molecular weight is 332 g/mol. The van der Waals surface area contributed by atoms with Crippen molar-refractivity contribution in [3.8, 4) is 0 Å². The lowest BCUT2D eigenvalue weighted by atomic mass is 10.1. The van der Waals surface area contributed by atoms with Crippen LogP contribution in [0.1, 0.15) is 36.4 Å². The molecule has 1 aromatic heterocycles. The summed E-state index contributed by atoms with van der Waals surface area (Å²) in [5.74, 6) is 0. The molecule has 0 spiro atoms. The number of hydrogen-bond donors (Lipinski definition) is 0. The van der Waals surface area contributed by atoms with Gasteiger partial charge in [0.1, 0.15) is 5.52 Å². The van der Waals surface area contributed by atoms with Crippen LogP contribution in [0.5, 0.6) is 0 Å². The molecule has 1 atom stereocenters. The zero-order valence-electron chi connectivity index (χ0n) is 14.0. The van der Waals surface area contributed by atoms with E-state index < -0.39 is 0 Å². The van der Waals surface area contributed by atoms with Crippen LogP contribution in [0, 0.1) is 0 Å². The average Bonchev–Trinajstić information content (AvgIpc) is 3.41. The molecule has 0 amide bonds. The van der Waals surface area contributed by atoms with Crippen LogP contribution < -0.4 is 5.56 Å². The van der Waals surface area contributed by atoms with Crippen LogP contribution in [-0.2, 0) is 13.1 Å². The van der Waals surface area contributed by atoms with E-state index in [2.05, 4.69) is 39.5 Å². The number of nitrogens with zero attached hydrogens (tertiary/aromatic N) is 4. The van der Waals surface area contributed by atoms with Gasteiger partial charge in [-0.1, -0.05) is 41.6 Å². The fourth-order valence-electron chi connectivity index (χ4n) is 4.02. The van der Waals surface area contributed by atoms with E-state index in [9.17, 15) is 4.79 Å². The third kappa shape index (κ3) is 2.55. The molecule has 2 aliphatic rings. The summed E-state index contributed by atoms with van der Waals surface area (Å²) in [5, 5.41) is 9.07. The molecule has 2 aromatic carbocycles. The molecule has 1 saturated carbocycles. The van der Waals surface area contributed by atoms with Crippen molar-refractivity contribution in [1.29, 1.82) is 0 Å². The second-order valence-corrected chi connectivity index (χ2v) is 7.05. The van der Waals surface area contributed by atoms with Gasteiger partial charge in [0.2, 0.25) is 0 Å². The lowest BCUT2D eigenvalue weighted by Crippen LogP contribution is -2.37. The molecule has 5 nitrogen and oxygen atoms in total. The van der Waals surface area contributed by atoms with Crippen molar-refractivity contribution in [2.45, 2.75) is 44.4 Å². The Morgan fingerprint density at radius 1 is 1.04 bits per heavy atom. The molecular weight excluding hydrogens is 312 g/mol. The molecule has 126 valence electrons. The van der Waals surface area contributed by atoms with E-state index in [-0.39, 0.29) is 5.56 Å². The van der Waals surface area contributed by atoms with E-state index in [1.807, 2.05) is 24.3 Å². The van der Waals surface area contributed by atoms with Gasteiger partial charge in [-0.05, 0) is 48.9 Å². The summed E-state index contributed by atoms with van der Waals surface area (Å²) in [6.07, 6.45) is 4.64. The van der Waals surface area contributed by atoms with Crippen LogP contribution in [0.3, 0.4) is 0 Å². The molecule has 1 fully saturated rings. The quantitative estimate of drug-likeness (QED) is 0.737. The standard InChI is InChI=1S/C20H20N4O/c25-20-17-7-3-4-8-18(17)21-22-24(20)13-23(15-10-11-15)19-12-9-14-5-1-2-6-16(14)19/h1-8,15,19H,9-13H2/t19-/m0/s1. The first-order valence-electron chi connectivity index (χ1n) is 8.97. The van der Waals surface area contributed by atoms with Crippen LogP contribution in [0.15, 0.2) is 53.3 Å². The van der Waals surface area contributed by atoms with Gasteiger partial charge in [-0.15, -0.1) is 5.10 Å². The molecule has 0 unspecified atom stereocenters. The Morgan fingerprint density at radius 2 is 1.84 bits per heavy atom. The van der Waals surface area contributed by atoms with E-state index in [1.54, 1.807) is 0 Å². The summed E-state index contributed by atoms with van der Waals surface area (Å²) in [6, 6.07) is 17.0. The Morgan fingerprint density at radius 3 is 2.72 bits per heavy atom. The fraction of sp³-hybridized carbons (Fsp3) is 0.350. The largest absolute Gasteiger partial charge is 0.278 e. The summed E-state index contributed by atoms with van der Waals surface area (Å²) in [5.41, 5.74) is 3.46. The van der Waals surface area contributed by atoms with E-state index >= 15 is 0 Å². The Balaban J connectivity index is 1.51. The summed E-state index contributed by atoms with van der Waals surface area (Å²) in [6.45, 7) is 0.514. The number of aryl methyl sites for hydroxylation is 1. The molecule has 2 aliphatic carbocycles. The van der Waals surface area contributed by atoms with Crippen molar-refractivity contribution < 1.29 is 0 Å². The van der Waals surface area contributed by atoms with E-state index in [0.717, 1.165) is 12.8 Å². The van der Waals surface area contributed by atoms with Gasteiger partial charge in [0.05, 0.1) is 12.1 Å². The molecule has 0 N–H and O–H groups in total. The maximum absolute atomic E-state index is 12.8. The number of fused-ring (bicyclic) bond motifs is 2. The van der Waals surface area contributed by atoms with Gasteiger partial charge < -0.3 is 0 Å². The smallest absolute Gasteiger partial charge is 0.274 e. The van der Waals surface area contributed by atoms with Crippen molar-refractivity contribution in [3.63, 3.8) is 0 Å². The minimum atomic E-state index is -0.0532. The van der Waals surface area contributed by atoms with Crippen molar-refractivity contribution in [2.75, 3.05) is 0 Å². The monoisotopic (exact) mass is 332 g/mol. The lowest BCUT2D eigenvalue weighted by molar-refractivity contribution is 0.128. The highest BCUT2D eigenvalue weighted by Gasteiger charge is 2.37. The van der Waals surface area contributed by atoms with Crippen LogP contribution in [-0.4, -0.2) is 25.9 Å². The summed E-state index contributed by atoms with van der Waals surface area (Å²) in [7, 11) is 0. The van der Waals surface area contributed by atoms with E-state index in [0.29, 0.717) is 29.7 Å². The Kier molecular flexibility index (Phi) is 3.41. The van der Waals surface area contributed by atoms with Gasteiger partial charge >= 0.3 is 0 Å². The lowest BCUT2D eigenvalue weighted by Gasteiger charge is -2.29. The molecule has 0 radical (unpaired) electrons. The molecule has 1 heterocycles. The Bertz CT molecular complexity index is 992. The second kappa shape index (κ2) is 5.77. The minimum absolute atomic E-state index is 0.0532. The van der Waals surface area contributed by atoms with Crippen LogP contribution >= 0.6 is 0 Å². The molecule has 5 rings (SSSR count). The summed E-state index contributed by atoms with van der Waals surface area (Å²) >= 11 is 0. The van der Waals surface area contributed by atoms with Gasteiger partial charge in [-0.2, -0.15) is 4.68 Å². The summed E-state index contributed by atoms with van der Waals surface area (Å²) in [4.78, 5) is 15.3. The van der Waals surface area contributed by atoms with Crippen molar-refractivity contribution in [1.82, 2.24) is 19.9 Å². The van der Waals surface area contributed by atoms with Gasteiger partial charge in [0.25, 0.3) is 5.56 Å². The van der Waals surface area contributed by atoms with Crippen LogP contribution in [0.25, 0.3) is 10.9 Å². The zero-order valence-corrected chi connectivity index (χ0v) is 14.0. The Labute approximate surface area is 145 Å². The first-order valence-corrected chi connectivity index (χ1v) is 8.97. The van der Waals surface area contributed by atoms with Crippen molar-refractivity contribution in [3.05, 3.63) is 70.0 Å². The third-order valence-corrected chi connectivity index (χ3v) is 5.44. The van der Waals surface area contributed by atoms with Gasteiger partial charge in [-0.25, -0.2) is 0 Å². The maximum Gasteiger partial charge on any atom is 0.278 e. The zero-order chi connectivity index (χ0) is 16.8. The predicted octanol–water partition coefficient (Wildman–Crippen LogP) is 2.90. The topological polar surface area (TPSA) is 51.0 Å². The first-order chi connectivity index (χ1) is 12.3. The van der Waals surface area contributed by atoms with Crippen molar-refractivity contribution >= 4 is 10.9 Å². The van der Waals surface area contributed by atoms with Crippen molar-refractivity contribution in [2.24, 2.45) is 0 Å². The van der Waals surface area contributed by atoms with Crippen LogP contribution in [0.4, 0.5) is 0 Å². The number of benzene rings is 2. The highest BCUT2D eigenvalue weighted by molar-refractivity contribution is 5.76. The van der Waals surface area contributed by atoms with Gasteiger partial charge in [0, 0.05) is 12.1 Å². The molecule has 0 aliphatic heterocycles. The molecule has 5 heteroatoms. The number of rotatable bonds is 4. The van der Waals surface area contributed by atoms with E-state index in [1.165, 1.54) is 28.7 Å². The molecule has 25 heavy (non-hydrogen) atoms.